The van der Waals surface area contributed by atoms with Gasteiger partial charge in [-0.05, 0) is 19.3 Å². The number of carbonyl (C=O) groups excluding carboxylic acids is 2. The normalized spacial score (nSPS) is 36.9. The van der Waals surface area contributed by atoms with Crippen molar-refractivity contribution < 1.29 is 27.5 Å². The van der Waals surface area contributed by atoms with E-state index in [1.54, 1.807) is 0 Å². The molecule has 0 radical (unpaired) electrons. The maximum absolute atomic E-state index is 12.0. The number of rotatable bonds is 0. The second-order valence-electron chi connectivity index (χ2n) is 5.15. The van der Waals surface area contributed by atoms with E-state index in [1.807, 2.05) is 0 Å². The summed E-state index contributed by atoms with van der Waals surface area (Å²) in [6, 6.07) is 0. The smallest absolute Gasteiger partial charge is 0.326 e. The third-order valence-electron chi connectivity index (χ3n) is 4.42. The second kappa shape index (κ2) is 3.69. The second-order valence-corrected chi connectivity index (χ2v) is 7.49. The van der Waals surface area contributed by atoms with Crippen molar-refractivity contribution in [3.05, 3.63) is 0 Å². The van der Waals surface area contributed by atoms with Crippen molar-refractivity contribution in [3.63, 3.8) is 0 Å². The molecule has 0 N–H and O–H groups in total. The van der Waals surface area contributed by atoms with Gasteiger partial charge in [0.25, 0.3) is 0 Å². The summed E-state index contributed by atoms with van der Waals surface area (Å²) >= 11 is 0. The van der Waals surface area contributed by atoms with E-state index in [0.717, 1.165) is 0 Å². The van der Waals surface area contributed by atoms with Gasteiger partial charge >= 0.3 is 11.9 Å². The van der Waals surface area contributed by atoms with Crippen LogP contribution in [0.3, 0.4) is 0 Å². The van der Waals surface area contributed by atoms with Gasteiger partial charge in [0.1, 0.15) is 0 Å². The fourth-order valence-electron chi connectivity index (χ4n) is 3.58. The molecule has 1 spiro atoms. The summed E-state index contributed by atoms with van der Waals surface area (Å²) in [7, 11) is -3.18. The zero-order valence-electron chi connectivity index (χ0n) is 9.76. The Morgan fingerprint density at radius 2 is 1.78 bits per heavy atom. The van der Waals surface area contributed by atoms with Gasteiger partial charge in [-0.15, -0.1) is 0 Å². The maximum atomic E-state index is 12.0. The van der Waals surface area contributed by atoms with E-state index in [2.05, 4.69) is 0 Å². The highest BCUT2D eigenvalue weighted by molar-refractivity contribution is 7.92. The van der Waals surface area contributed by atoms with Crippen molar-refractivity contribution in [2.45, 2.75) is 30.9 Å². The van der Waals surface area contributed by atoms with Gasteiger partial charge in [0, 0.05) is 5.92 Å². The first-order valence-corrected chi connectivity index (χ1v) is 7.76. The van der Waals surface area contributed by atoms with E-state index in [9.17, 15) is 18.0 Å². The molecule has 7 heteroatoms. The molecule has 100 valence electrons. The number of carbonyl (C=O) groups is 2. The van der Waals surface area contributed by atoms with Crippen LogP contribution in [0.1, 0.15) is 25.7 Å². The highest BCUT2D eigenvalue weighted by Crippen LogP contribution is 2.51. The molecule has 1 saturated carbocycles. The van der Waals surface area contributed by atoms with Crippen LogP contribution in [0.4, 0.5) is 0 Å². The predicted octanol–water partition coefficient (Wildman–Crippen LogP) is 0.0175. The number of sulfone groups is 1. The van der Waals surface area contributed by atoms with Gasteiger partial charge in [0.15, 0.2) is 15.3 Å². The average molecular weight is 274 g/mol. The van der Waals surface area contributed by atoms with Crippen LogP contribution in [0.25, 0.3) is 0 Å². The molecule has 3 aliphatic rings. The Morgan fingerprint density at radius 1 is 1.11 bits per heavy atom. The van der Waals surface area contributed by atoms with Crippen LogP contribution < -0.4 is 0 Å². The molecule has 2 aliphatic heterocycles. The monoisotopic (exact) mass is 274 g/mol. The fraction of sp³-hybridized carbons (Fsp3) is 0.818. The molecule has 2 unspecified atom stereocenters. The Morgan fingerprint density at radius 3 is 2.44 bits per heavy atom. The molecule has 2 atom stereocenters. The molecule has 0 bridgehead atoms. The number of hydrogen-bond donors (Lipinski definition) is 0. The Kier molecular flexibility index (Phi) is 2.45. The summed E-state index contributed by atoms with van der Waals surface area (Å²) < 4.78 is 33.5. The van der Waals surface area contributed by atoms with Crippen LogP contribution in [-0.4, -0.2) is 38.2 Å². The van der Waals surface area contributed by atoms with Crippen molar-refractivity contribution >= 4 is 21.8 Å². The SMILES string of the molecule is O=C1OCOC(=O)C12CCCC1C2CCS1(=O)=O. The van der Waals surface area contributed by atoms with Gasteiger partial charge in [-0.3, -0.25) is 9.59 Å². The Labute approximate surface area is 105 Å². The van der Waals surface area contributed by atoms with E-state index < -0.39 is 38.4 Å². The predicted molar refractivity (Wildman–Crippen MR) is 59.0 cm³/mol. The number of ether oxygens (including phenoxy) is 2. The molecule has 3 rings (SSSR count). The first kappa shape index (κ1) is 12.0. The number of cyclic esters (lactones) is 2. The third kappa shape index (κ3) is 1.36. The first-order valence-electron chi connectivity index (χ1n) is 6.04. The minimum absolute atomic E-state index is 0.0463. The highest BCUT2D eigenvalue weighted by Gasteiger charge is 2.64. The molecule has 0 aromatic carbocycles. The first-order chi connectivity index (χ1) is 8.48. The molecule has 1 aliphatic carbocycles. The standard InChI is InChI=1S/C11H14O6S/c12-9-11(10(13)17-6-16-9)4-1-2-8-7(11)3-5-18(8,14)15/h7-8H,1-6H2. The van der Waals surface area contributed by atoms with Crippen LogP contribution >= 0.6 is 0 Å². The van der Waals surface area contributed by atoms with Gasteiger partial charge < -0.3 is 9.47 Å². The summed E-state index contributed by atoms with van der Waals surface area (Å²) in [5, 5.41) is -0.593. The number of hydrogen-bond acceptors (Lipinski definition) is 6. The van der Waals surface area contributed by atoms with Gasteiger partial charge in [-0.25, -0.2) is 8.42 Å². The molecule has 2 saturated heterocycles. The Balaban J connectivity index is 2.06. The molecule has 6 nitrogen and oxygen atoms in total. The largest absolute Gasteiger partial charge is 0.427 e. The van der Waals surface area contributed by atoms with E-state index in [4.69, 9.17) is 9.47 Å². The minimum atomic E-state index is -3.18. The van der Waals surface area contributed by atoms with Crippen molar-refractivity contribution in [1.29, 1.82) is 0 Å². The van der Waals surface area contributed by atoms with Gasteiger partial charge in [0.2, 0.25) is 6.79 Å². The lowest BCUT2D eigenvalue weighted by atomic mass is 9.64. The molecule has 0 amide bonds. The van der Waals surface area contributed by atoms with E-state index in [-0.39, 0.29) is 12.5 Å². The quantitative estimate of drug-likeness (QED) is 0.457. The van der Waals surface area contributed by atoms with Crippen LogP contribution in [-0.2, 0) is 28.9 Å². The zero-order valence-corrected chi connectivity index (χ0v) is 10.6. The van der Waals surface area contributed by atoms with Crippen LogP contribution in [0.15, 0.2) is 0 Å². The lowest BCUT2D eigenvalue weighted by Gasteiger charge is -2.42. The van der Waals surface area contributed by atoms with Crippen molar-refractivity contribution in [1.82, 2.24) is 0 Å². The summed E-state index contributed by atoms with van der Waals surface area (Å²) in [5.74, 6) is -1.64. The topological polar surface area (TPSA) is 86.7 Å². The number of fused-ring (bicyclic) bond motifs is 2. The minimum Gasteiger partial charge on any atom is -0.427 e. The summed E-state index contributed by atoms with van der Waals surface area (Å²) in [6.45, 7) is -0.358. The lowest BCUT2D eigenvalue weighted by molar-refractivity contribution is -0.209. The van der Waals surface area contributed by atoms with E-state index in [0.29, 0.717) is 25.7 Å². The van der Waals surface area contributed by atoms with Gasteiger partial charge in [-0.2, -0.15) is 0 Å². The Hall–Kier alpha value is -1.11. The highest BCUT2D eigenvalue weighted by atomic mass is 32.2. The van der Waals surface area contributed by atoms with Crippen molar-refractivity contribution in [3.8, 4) is 0 Å². The van der Waals surface area contributed by atoms with Gasteiger partial charge in [-0.1, -0.05) is 6.42 Å². The molecular weight excluding hydrogens is 260 g/mol. The van der Waals surface area contributed by atoms with Crippen molar-refractivity contribution in [2.75, 3.05) is 12.5 Å². The third-order valence-corrected chi connectivity index (χ3v) is 6.72. The van der Waals surface area contributed by atoms with Crippen LogP contribution in [0.2, 0.25) is 0 Å². The zero-order chi connectivity index (χ0) is 13.0. The maximum Gasteiger partial charge on any atom is 0.326 e. The number of esters is 2. The summed E-state index contributed by atoms with van der Waals surface area (Å²) in [6.07, 6.45) is 1.73. The lowest BCUT2D eigenvalue weighted by Crippen LogP contribution is -2.55. The average Bonchev–Trinajstić information content (AvgIpc) is 2.64. The van der Waals surface area contributed by atoms with Crippen molar-refractivity contribution in [2.24, 2.45) is 11.3 Å². The fourth-order valence-corrected chi connectivity index (χ4v) is 5.85. The molecular formula is C11H14O6S. The molecule has 0 aromatic rings. The molecule has 0 aromatic heterocycles. The molecule has 3 fully saturated rings. The summed E-state index contributed by atoms with van der Waals surface area (Å²) in [4.78, 5) is 24.0. The van der Waals surface area contributed by atoms with Gasteiger partial charge in [0.05, 0.1) is 11.0 Å². The molecule has 18 heavy (non-hydrogen) atoms. The van der Waals surface area contributed by atoms with E-state index >= 15 is 0 Å². The molecule has 2 heterocycles. The van der Waals surface area contributed by atoms with E-state index in [1.165, 1.54) is 0 Å². The van der Waals surface area contributed by atoms with Crippen LogP contribution in [0, 0.1) is 11.3 Å². The Bertz CT molecular complexity index is 492. The summed E-state index contributed by atoms with van der Waals surface area (Å²) in [5.41, 5.74) is -1.37. The van der Waals surface area contributed by atoms with Crippen LogP contribution in [0.5, 0.6) is 0 Å².